The molecule has 0 aromatic heterocycles. The monoisotopic (exact) mass is 348 g/mol. The van der Waals surface area contributed by atoms with Gasteiger partial charge in [-0.1, -0.05) is 26.0 Å². The van der Waals surface area contributed by atoms with Crippen molar-refractivity contribution in [2.24, 2.45) is 5.92 Å². The van der Waals surface area contributed by atoms with Gasteiger partial charge in [0.15, 0.2) is 0 Å². The van der Waals surface area contributed by atoms with Crippen molar-refractivity contribution < 1.29 is 14.3 Å². The summed E-state index contributed by atoms with van der Waals surface area (Å²) >= 11 is 0. The number of hydrogen-bond donors (Lipinski definition) is 1. The average molecular weight is 348 g/mol. The molecule has 1 unspecified atom stereocenters. The number of aryl methyl sites for hydroxylation is 2. The van der Waals surface area contributed by atoms with Crippen molar-refractivity contribution >= 4 is 5.91 Å². The second kappa shape index (κ2) is 9.78. The number of rotatable bonds is 8. The topological polar surface area (TPSA) is 50.8 Å². The minimum Gasteiger partial charge on any atom is -0.493 e. The zero-order valence-corrected chi connectivity index (χ0v) is 16.0. The highest BCUT2D eigenvalue weighted by Gasteiger charge is 2.21. The highest BCUT2D eigenvalue weighted by molar-refractivity contribution is 5.76. The molecule has 25 heavy (non-hydrogen) atoms. The summed E-state index contributed by atoms with van der Waals surface area (Å²) in [6.45, 7) is 13.1. The van der Waals surface area contributed by atoms with Gasteiger partial charge in [0.2, 0.25) is 5.91 Å². The van der Waals surface area contributed by atoms with Crippen molar-refractivity contribution in [3.8, 4) is 5.75 Å². The fourth-order valence-corrected chi connectivity index (χ4v) is 3.02. The maximum absolute atomic E-state index is 12.0. The highest BCUT2D eigenvalue weighted by Crippen LogP contribution is 2.19. The van der Waals surface area contributed by atoms with Crippen LogP contribution in [-0.4, -0.2) is 56.3 Å². The summed E-state index contributed by atoms with van der Waals surface area (Å²) in [5.74, 6) is 1.51. The summed E-state index contributed by atoms with van der Waals surface area (Å²) in [7, 11) is 0. The molecular weight excluding hydrogens is 316 g/mol. The Labute approximate surface area is 151 Å². The fraction of sp³-hybridized carbons (Fsp3) is 0.650. The molecule has 0 saturated carbocycles. The van der Waals surface area contributed by atoms with E-state index in [1.165, 1.54) is 0 Å². The van der Waals surface area contributed by atoms with Crippen LogP contribution in [0.5, 0.6) is 5.75 Å². The molecule has 1 aliphatic rings. The van der Waals surface area contributed by atoms with Gasteiger partial charge in [-0.25, -0.2) is 0 Å². The number of benzene rings is 1. The van der Waals surface area contributed by atoms with Gasteiger partial charge in [0, 0.05) is 26.2 Å². The summed E-state index contributed by atoms with van der Waals surface area (Å²) in [4.78, 5) is 14.4. The first kappa shape index (κ1) is 19.7. The van der Waals surface area contributed by atoms with E-state index in [1.54, 1.807) is 0 Å². The summed E-state index contributed by atoms with van der Waals surface area (Å²) in [5, 5.41) is 2.97. The molecule has 1 aromatic rings. The van der Waals surface area contributed by atoms with Crippen molar-refractivity contribution in [2.45, 2.75) is 40.2 Å². The summed E-state index contributed by atoms with van der Waals surface area (Å²) < 4.78 is 11.5. The normalized spacial score (nSPS) is 18.4. The molecule has 0 bridgehead atoms. The smallest absolute Gasteiger partial charge is 0.223 e. The molecule has 0 aliphatic carbocycles. The van der Waals surface area contributed by atoms with E-state index in [2.05, 4.69) is 30.1 Å². The largest absolute Gasteiger partial charge is 0.493 e. The predicted octanol–water partition coefficient (Wildman–Crippen LogP) is 2.55. The van der Waals surface area contributed by atoms with E-state index >= 15 is 0 Å². The Bertz CT molecular complexity index is 560. The number of nitrogens with one attached hydrogen (secondary N) is 1. The van der Waals surface area contributed by atoms with Crippen molar-refractivity contribution in [2.75, 3.05) is 39.4 Å². The molecule has 140 valence electrons. The first-order valence-corrected chi connectivity index (χ1v) is 9.24. The van der Waals surface area contributed by atoms with Crippen LogP contribution in [0.25, 0.3) is 0 Å². The van der Waals surface area contributed by atoms with E-state index in [-0.39, 0.29) is 12.0 Å². The summed E-state index contributed by atoms with van der Waals surface area (Å²) in [6.07, 6.45) is 0.437. The number of amides is 1. The highest BCUT2D eigenvalue weighted by atomic mass is 16.5. The van der Waals surface area contributed by atoms with Crippen molar-refractivity contribution in [3.05, 3.63) is 29.3 Å². The molecule has 1 saturated heterocycles. The van der Waals surface area contributed by atoms with Crippen LogP contribution in [0.1, 0.15) is 31.4 Å². The third-order valence-corrected chi connectivity index (χ3v) is 4.30. The Morgan fingerprint density at radius 3 is 2.96 bits per heavy atom. The number of carbonyl (C=O) groups is 1. The van der Waals surface area contributed by atoms with Gasteiger partial charge in [-0.3, -0.25) is 9.69 Å². The van der Waals surface area contributed by atoms with Gasteiger partial charge < -0.3 is 14.8 Å². The van der Waals surface area contributed by atoms with Gasteiger partial charge in [-0.2, -0.15) is 0 Å². The maximum atomic E-state index is 12.0. The standard InChI is InChI=1S/C20H32N2O3/c1-15(2)13-22-8-10-24-18(14-22)12-21-20(23)7-9-25-19-11-16(3)5-6-17(19)4/h5-6,11,15,18H,7-10,12-14H2,1-4H3,(H,21,23). The number of nitrogens with zero attached hydrogens (tertiary/aromatic N) is 1. The van der Waals surface area contributed by atoms with Crippen LogP contribution in [0.15, 0.2) is 18.2 Å². The van der Waals surface area contributed by atoms with E-state index < -0.39 is 0 Å². The van der Waals surface area contributed by atoms with Crippen LogP contribution in [0.3, 0.4) is 0 Å². The quantitative estimate of drug-likeness (QED) is 0.784. The molecule has 0 spiro atoms. The van der Waals surface area contributed by atoms with Gasteiger partial charge in [0.1, 0.15) is 5.75 Å². The lowest BCUT2D eigenvalue weighted by atomic mass is 10.1. The maximum Gasteiger partial charge on any atom is 0.223 e. The first-order chi connectivity index (χ1) is 11.9. The number of carbonyl (C=O) groups excluding carboxylic acids is 1. The van der Waals surface area contributed by atoms with Gasteiger partial charge in [0.25, 0.3) is 0 Å². The molecular formula is C20H32N2O3. The van der Waals surface area contributed by atoms with Gasteiger partial charge in [0.05, 0.1) is 25.7 Å². The number of ether oxygens (including phenoxy) is 2. The van der Waals surface area contributed by atoms with Crippen LogP contribution in [-0.2, 0) is 9.53 Å². The van der Waals surface area contributed by atoms with Gasteiger partial charge in [-0.05, 0) is 37.0 Å². The fourth-order valence-electron chi connectivity index (χ4n) is 3.02. The Balaban J connectivity index is 1.66. The second-order valence-corrected chi connectivity index (χ2v) is 7.32. The Kier molecular flexibility index (Phi) is 7.72. The number of morpholine rings is 1. The zero-order valence-electron chi connectivity index (χ0n) is 16.0. The van der Waals surface area contributed by atoms with E-state index in [9.17, 15) is 4.79 Å². The average Bonchev–Trinajstić information content (AvgIpc) is 2.56. The third kappa shape index (κ3) is 7.04. The molecule has 1 aliphatic heterocycles. The molecule has 1 N–H and O–H groups in total. The molecule has 1 atom stereocenters. The first-order valence-electron chi connectivity index (χ1n) is 9.24. The van der Waals surface area contributed by atoms with Crippen LogP contribution < -0.4 is 10.1 Å². The summed E-state index contributed by atoms with van der Waals surface area (Å²) in [6, 6.07) is 6.10. The predicted molar refractivity (Wildman–Crippen MR) is 100 cm³/mol. The van der Waals surface area contributed by atoms with E-state index in [1.807, 2.05) is 26.0 Å². The lowest BCUT2D eigenvalue weighted by Crippen LogP contribution is -2.48. The van der Waals surface area contributed by atoms with E-state index in [0.717, 1.165) is 43.1 Å². The SMILES string of the molecule is Cc1ccc(C)c(OCCC(=O)NCC2CN(CC(C)C)CCO2)c1. The lowest BCUT2D eigenvalue weighted by Gasteiger charge is -2.33. The molecule has 1 amide bonds. The van der Waals surface area contributed by atoms with E-state index in [4.69, 9.17) is 9.47 Å². The second-order valence-electron chi connectivity index (χ2n) is 7.32. The minimum absolute atomic E-state index is 0.00916. The van der Waals surface area contributed by atoms with Crippen LogP contribution in [0.2, 0.25) is 0 Å². The van der Waals surface area contributed by atoms with Gasteiger partial charge in [-0.15, -0.1) is 0 Å². The van der Waals surface area contributed by atoms with Crippen LogP contribution in [0, 0.1) is 19.8 Å². The molecule has 0 radical (unpaired) electrons. The molecule has 1 fully saturated rings. The zero-order chi connectivity index (χ0) is 18.2. The Morgan fingerprint density at radius 2 is 2.20 bits per heavy atom. The molecule has 5 nitrogen and oxygen atoms in total. The molecule has 2 rings (SSSR count). The van der Waals surface area contributed by atoms with Crippen LogP contribution >= 0.6 is 0 Å². The van der Waals surface area contributed by atoms with Crippen LogP contribution in [0.4, 0.5) is 0 Å². The lowest BCUT2D eigenvalue weighted by molar-refractivity contribution is -0.122. The van der Waals surface area contributed by atoms with Crippen molar-refractivity contribution in [1.82, 2.24) is 10.2 Å². The molecule has 1 aromatic carbocycles. The molecule has 5 heteroatoms. The Hall–Kier alpha value is -1.59. The molecule has 1 heterocycles. The number of hydrogen-bond acceptors (Lipinski definition) is 4. The Morgan fingerprint density at radius 1 is 1.40 bits per heavy atom. The van der Waals surface area contributed by atoms with Crippen molar-refractivity contribution in [3.63, 3.8) is 0 Å². The third-order valence-electron chi connectivity index (χ3n) is 4.30. The minimum atomic E-state index is 0.00916. The van der Waals surface area contributed by atoms with Gasteiger partial charge >= 0.3 is 0 Å². The summed E-state index contributed by atoms with van der Waals surface area (Å²) in [5.41, 5.74) is 2.25. The van der Waals surface area contributed by atoms with Crippen molar-refractivity contribution in [1.29, 1.82) is 0 Å². The van der Waals surface area contributed by atoms with E-state index in [0.29, 0.717) is 25.5 Å².